The quantitative estimate of drug-likeness (QED) is 0.0762. The van der Waals surface area contributed by atoms with Crippen molar-refractivity contribution in [2.24, 2.45) is 0 Å². The minimum absolute atomic E-state index is 0.00130. The molecule has 0 saturated carbocycles. The van der Waals surface area contributed by atoms with E-state index in [4.69, 9.17) is 0 Å². The molecule has 296 valence electrons. The predicted octanol–water partition coefficient (Wildman–Crippen LogP) is 13.2. The molecule has 4 aromatic heterocycles. The number of fused-ring (bicyclic) bond motifs is 3. The van der Waals surface area contributed by atoms with E-state index in [1.807, 2.05) is 26.0 Å². The molecule has 60 heavy (non-hydrogen) atoms. The highest BCUT2D eigenvalue weighted by molar-refractivity contribution is 7.33. The van der Waals surface area contributed by atoms with Crippen molar-refractivity contribution in [1.29, 1.82) is 42.1 Å². The van der Waals surface area contributed by atoms with Crippen LogP contribution >= 0.6 is 45.3 Å². The summed E-state index contributed by atoms with van der Waals surface area (Å²) in [7, 11) is 0. The van der Waals surface area contributed by atoms with Crippen LogP contribution < -0.4 is 0 Å². The molecule has 0 aromatic carbocycles. The van der Waals surface area contributed by atoms with Gasteiger partial charge in [-0.25, -0.2) is 0 Å². The zero-order valence-corrected chi connectivity index (χ0v) is 35.2. The fraction of sp³-hybridized carbons (Fsp3) is 0.318. The van der Waals surface area contributed by atoms with Gasteiger partial charge in [-0.1, -0.05) is 52.4 Å². The topological polar surface area (TPSA) is 190 Å². The second-order valence-electron chi connectivity index (χ2n) is 13.8. The monoisotopic (exact) mass is 872 g/mol. The van der Waals surface area contributed by atoms with E-state index < -0.39 is 56.4 Å². The number of nitriles is 8. The van der Waals surface area contributed by atoms with Crippen LogP contribution in [-0.2, 0) is 12.8 Å². The van der Waals surface area contributed by atoms with Gasteiger partial charge in [-0.3, -0.25) is 0 Å². The number of alkyl halides is 4. The van der Waals surface area contributed by atoms with E-state index in [0.29, 0.717) is 56.3 Å². The van der Waals surface area contributed by atoms with E-state index in [1.165, 1.54) is 22.7 Å². The highest BCUT2D eigenvalue weighted by Crippen LogP contribution is 2.63. The predicted molar refractivity (Wildman–Crippen MR) is 224 cm³/mol. The van der Waals surface area contributed by atoms with Crippen molar-refractivity contribution >= 4 is 77.0 Å². The average molecular weight is 873 g/mol. The molecule has 6 rings (SSSR count). The Kier molecular flexibility index (Phi) is 12.6. The number of rotatable bonds is 12. The maximum atomic E-state index is 16.3. The first-order valence-corrected chi connectivity index (χ1v) is 22.0. The maximum Gasteiger partial charge on any atom is 0.304 e. The third-order valence-corrected chi connectivity index (χ3v) is 15.5. The Morgan fingerprint density at radius 2 is 0.767 bits per heavy atom. The molecule has 2 aliphatic carbocycles. The van der Waals surface area contributed by atoms with Crippen LogP contribution in [0.15, 0.2) is 34.4 Å². The smallest absolute Gasteiger partial charge is 0.196 e. The Labute approximate surface area is 359 Å². The molecule has 0 amide bonds. The molecular weight excluding hydrogens is 845 g/mol. The van der Waals surface area contributed by atoms with Gasteiger partial charge in [0.25, 0.3) is 0 Å². The van der Waals surface area contributed by atoms with E-state index in [1.54, 1.807) is 48.6 Å². The summed E-state index contributed by atoms with van der Waals surface area (Å²) in [4.78, 5) is 2.49. The standard InChI is InChI=1S/C44H28F4N8S4/c1-3-5-7-9-11-27-33-35(23(15-49)16-50)43(45,46)37(25(19-53)20-54)41(33)59-39(27)31-13-29-30(57-31)14-32(58-29)40-28(12-10-8-6-4-2)34-36(24(17-51)18-52)44(47,48)38(42(34)60-40)26(21-55)22-56/h13-14H,3-12H2,1-2H3. The fourth-order valence-corrected chi connectivity index (χ4v) is 13.2. The molecule has 0 aliphatic heterocycles. The van der Waals surface area contributed by atoms with Crippen molar-refractivity contribution in [2.45, 2.75) is 89.9 Å². The number of thiophene rings is 4. The van der Waals surface area contributed by atoms with Crippen LogP contribution in [0.5, 0.6) is 0 Å². The fourth-order valence-electron chi connectivity index (χ4n) is 7.70. The maximum absolute atomic E-state index is 16.3. The Morgan fingerprint density at radius 1 is 0.450 bits per heavy atom. The Hall–Kier alpha value is -6.34. The molecule has 8 nitrogen and oxygen atoms in total. The molecule has 0 radical (unpaired) electrons. The van der Waals surface area contributed by atoms with Crippen LogP contribution in [0.1, 0.15) is 97.2 Å². The molecule has 16 heteroatoms. The van der Waals surface area contributed by atoms with E-state index >= 15 is 17.6 Å². The third kappa shape index (κ3) is 7.00. The first-order chi connectivity index (χ1) is 28.9. The van der Waals surface area contributed by atoms with Gasteiger partial charge in [-0.2, -0.15) is 59.7 Å². The summed E-state index contributed by atoms with van der Waals surface area (Å²) in [5, 5.41) is 78.3. The molecule has 2 aliphatic rings. The lowest BCUT2D eigenvalue weighted by Gasteiger charge is -2.16. The zero-order valence-electron chi connectivity index (χ0n) is 31.9. The van der Waals surface area contributed by atoms with Crippen LogP contribution in [0.2, 0.25) is 0 Å². The van der Waals surface area contributed by atoms with E-state index in [2.05, 4.69) is 0 Å². The van der Waals surface area contributed by atoms with Crippen LogP contribution in [0.25, 0.3) is 51.2 Å². The van der Waals surface area contributed by atoms with Crippen LogP contribution in [0, 0.1) is 90.6 Å². The van der Waals surface area contributed by atoms with Crippen molar-refractivity contribution < 1.29 is 17.6 Å². The third-order valence-electron chi connectivity index (χ3n) is 10.3. The van der Waals surface area contributed by atoms with Crippen LogP contribution in [-0.4, -0.2) is 11.8 Å². The first-order valence-electron chi connectivity index (χ1n) is 18.7. The number of hydrogen-bond donors (Lipinski definition) is 0. The average Bonchev–Trinajstić information content (AvgIpc) is 4.05. The Bertz CT molecular complexity index is 2670. The minimum Gasteiger partial charge on any atom is -0.196 e. The Balaban J connectivity index is 1.58. The van der Waals surface area contributed by atoms with Gasteiger partial charge in [0.2, 0.25) is 0 Å². The lowest BCUT2D eigenvalue weighted by Crippen LogP contribution is -2.17. The summed E-state index contributed by atoms with van der Waals surface area (Å²) < 4.78 is 66.6. The van der Waals surface area contributed by atoms with Gasteiger partial charge in [0.1, 0.15) is 70.8 Å². The lowest BCUT2D eigenvalue weighted by atomic mass is 9.94. The van der Waals surface area contributed by atoms with E-state index in [-0.39, 0.29) is 20.9 Å². The van der Waals surface area contributed by atoms with E-state index in [9.17, 15) is 42.1 Å². The zero-order chi connectivity index (χ0) is 43.5. The summed E-state index contributed by atoms with van der Waals surface area (Å²) in [5.74, 6) is -7.90. The van der Waals surface area contributed by atoms with Gasteiger partial charge in [0, 0.05) is 49.8 Å². The van der Waals surface area contributed by atoms with Crippen molar-refractivity contribution in [2.75, 3.05) is 0 Å². The number of hydrogen-bond acceptors (Lipinski definition) is 12. The molecule has 0 spiro atoms. The summed E-state index contributed by atoms with van der Waals surface area (Å²) in [6.45, 7) is 4.06. The molecule has 0 atom stereocenters. The van der Waals surface area contributed by atoms with Gasteiger partial charge in [-0.05, 0) is 48.9 Å². The normalized spacial score (nSPS) is 14.2. The lowest BCUT2D eigenvalue weighted by molar-refractivity contribution is 0.137. The minimum atomic E-state index is -3.95. The second kappa shape index (κ2) is 17.5. The van der Waals surface area contributed by atoms with Gasteiger partial charge in [0.05, 0.1) is 22.3 Å². The van der Waals surface area contributed by atoms with Crippen LogP contribution in [0.4, 0.5) is 17.6 Å². The molecular formula is C44H28F4N8S4. The molecule has 0 bridgehead atoms. The first kappa shape index (κ1) is 43.2. The summed E-state index contributed by atoms with van der Waals surface area (Å²) >= 11 is 4.65. The highest BCUT2D eigenvalue weighted by Gasteiger charge is 2.55. The van der Waals surface area contributed by atoms with Gasteiger partial charge in [0.15, 0.2) is 0 Å². The summed E-state index contributed by atoms with van der Waals surface area (Å²) in [6.07, 6.45) is 7.03. The van der Waals surface area contributed by atoms with Crippen LogP contribution in [0.3, 0.4) is 0 Å². The number of nitrogens with zero attached hydrogens (tertiary/aromatic N) is 8. The largest absolute Gasteiger partial charge is 0.304 e. The number of halogens is 4. The molecule has 0 N–H and O–H groups in total. The SMILES string of the molecule is CCCCCCc1c(-c2cc3sc(-c4sc5c(c4CCCCCC)C(=C(C#N)C#N)C(F)(F)C5=C(C#N)C#N)cc3s2)sc2c1C(=C(C#N)C#N)C(F)(F)C2=C(C#N)C#N. The molecule has 4 aromatic rings. The van der Waals surface area contributed by atoms with Crippen molar-refractivity contribution in [1.82, 2.24) is 0 Å². The Morgan fingerprint density at radius 3 is 1.07 bits per heavy atom. The number of unbranched alkanes of at least 4 members (excludes halogenated alkanes) is 6. The van der Waals surface area contributed by atoms with Crippen molar-refractivity contribution in [3.63, 3.8) is 0 Å². The molecule has 0 unspecified atom stereocenters. The van der Waals surface area contributed by atoms with Crippen molar-refractivity contribution in [3.05, 3.63) is 66.4 Å². The van der Waals surface area contributed by atoms with Crippen molar-refractivity contribution in [3.8, 4) is 68.1 Å². The summed E-state index contributed by atoms with van der Waals surface area (Å²) in [5.41, 5.74) is -5.56. The molecule has 0 fully saturated rings. The molecule has 4 heterocycles. The highest BCUT2D eigenvalue weighted by atomic mass is 32.1. The second-order valence-corrected chi connectivity index (χ2v) is 18.1. The van der Waals surface area contributed by atoms with E-state index in [0.717, 1.165) is 70.6 Å². The van der Waals surface area contributed by atoms with Gasteiger partial charge in [-0.15, -0.1) is 45.3 Å². The number of allylic oxidation sites excluding steroid dienone is 8. The van der Waals surface area contributed by atoms with Gasteiger partial charge < -0.3 is 0 Å². The van der Waals surface area contributed by atoms with Gasteiger partial charge >= 0.3 is 11.8 Å². The summed E-state index contributed by atoms with van der Waals surface area (Å²) in [6, 6.07) is 16.5. The molecule has 0 saturated heterocycles.